The fourth-order valence-electron chi connectivity index (χ4n) is 1.68. The van der Waals surface area contributed by atoms with Gasteiger partial charge >= 0.3 is 0 Å². The average Bonchev–Trinajstić information content (AvgIpc) is 2.25. The summed E-state index contributed by atoms with van der Waals surface area (Å²) in [6, 6.07) is 2.48. The van der Waals surface area contributed by atoms with Crippen molar-refractivity contribution in [2.24, 2.45) is 0 Å². The van der Waals surface area contributed by atoms with E-state index in [1.165, 1.54) is 5.69 Å². The van der Waals surface area contributed by atoms with Crippen LogP contribution in [0.25, 0.3) is 0 Å². The van der Waals surface area contributed by atoms with Crippen molar-refractivity contribution in [3.8, 4) is 0 Å². The van der Waals surface area contributed by atoms with E-state index in [0.717, 1.165) is 18.5 Å². The minimum Gasteiger partial charge on any atom is -0.368 e. The number of hydrogen-bond donors (Lipinski definition) is 0. The second kappa shape index (κ2) is 5.96. The zero-order valence-electron chi connectivity index (χ0n) is 9.70. The van der Waals surface area contributed by atoms with Crippen LogP contribution >= 0.6 is 11.6 Å². The summed E-state index contributed by atoms with van der Waals surface area (Å²) in [4.78, 5) is 6.53. The highest BCUT2D eigenvalue weighted by Crippen LogP contribution is 2.23. The molecule has 1 heterocycles. The van der Waals surface area contributed by atoms with Gasteiger partial charge in [0.2, 0.25) is 0 Å². The Balaban J connectivity index is 2.98. The van der Waals surface area contributed by atoms with Crippen molar-refractivity contribution in [1.29, 1.82) is 0 Å². The van der Waals surface area contributed by atoms with E-state index < -0.39 is 0 Å². The Morgan fingerprint density at radius 2 is 2.20 bits per heavy atom. The summed E-state index contributed by atoms with van der Waals surface area (Å²) in [5, 5.41) is 0. The van der Waals surface area contributed by atoms with Crippen LogP contribution in [0.15, 0.2) is 18.5 Å². The van der Waals surface area contributed by atoms with Gasteiger partial charge in [0.25, 0.3) is 0 Å². The molecule has 0 radical (unpaired) electrons. The number of hydrogen-bond acceptors (Lipinski definition) is 2. The SMILES string of the molecule is CCCN(c1cnccc1CCl)C(C)C. The maximum absolute atomic E-state index is 5.93. The minimum atomic E-state index is 0.483. The van der Waals surface area contributed by atoms with Gasteiger partial charge in [-0.25, -0.2) is 0 Å². The molecule has 1 aromatic rings. The predicted molar refractivity (Wildman–Crippen MR) is 66.6 cm³/mol. The van der Waals surface area contributed by atoms with Crippen LogP contribution in [0.3, 0.4) is 0 Å². The molecule has 1 rings (SSSR count). The molecule has 0 spiro atoms. The lowest BCUT2D eigenvalue weighted by Gasteiger charge is -2.29. The molecular weight excluding hydrogens is 208 g/mol. The maximum atomic E-state index is 5.93. The number of pyridine rings is 1. The Morgan fingerprint density at radius 3 is 2.73 bits per heavy atom. The molecule has 2 nitrogen and oxygen atoms in total. The lowest BCUT2D eigenvalue weighted by molar-refractivity contribution is 0.667. The van der Waals surface area contributed by atoms with Gasteiger partial charge < -0.3 is 4.90 Å². The van der Waals surface area contributed by atoms with Gasteiger partial charge in [0.15, 0.2) is 0 Å². The van der Waals surface area contributed by atoms with Gasteiger partial charge in [-0.05, 0) is 31.9 Å². The Bertz CT molecular complexity index is 299. The molecule has 0 bridgehead atoms. The molecule has 0 unspecified atom stereocenters. The number of alkyl halides is 1. The topological polar surface area (TPSA) is 16.1 Å². The van der Waals surface area contributed by atoms with E-state index in [9.17, 15) is 0 Å². The van der Waals surface area contributed by atoms with Gasteiger partial charge in [-0.2, -0.15) is 0 Å². The van der Waals surface area contributed by atoms with Crippen molar-refractivity contribution in [2.45, 2.75) is 39.1 Å². The third-order valence-electron chi connectivity index (χ3n) is 2.43. The highest BCUT2D eigenvalue weighted by Gasteiger charge is 2.12. The van der Waals surface area contributed by atoms with E-state index in [1.54, 1.807) is 6.20 Å². The summed E-state index contributed by atoms with van der Waals surface area (Å²) in [6.45, 7) is 7.63. The van der Waals surface area contributed by atoms with Crippen LogP contribution in [0.4, 0.5) is 5.69 Å². The summed E-state index contributed by atoms with van der Waals surface area (Å²) >= 11 is 5.93. The second-order valence-corrected chi connectivity index (χ2v) is 4.19. The first kappa shape index (κ1) is 12.3. The smallest absolute Gasteiger partial charge is 0.0599 e. The van der Waals surface area contributed by atoms with Crippen LogP contribution in [0.1, 0.15) is 32.8 Å². The Morgan fingerprint density at radius 1 is 1.47 bits per heavy atom. The van der Waals surface area contributed by atoms with Crippen LogP contribution in [-0.4, -0.2) is 17.6 Å². The number of anilines is 1. The number of aromatic nitrogens is 1. The number of nitrogens with zero attached hydrogens (tertiary/aromatic N) is 2. The molecule has 84 valence electrons. The fourth-order valence-corrected chi connectivity index (χ4v) is 1.91. The molecule has 0 saturated heterocycles. The fraction of sp³-hybridized carbons (Fsp3) is 0.583. The van der Waals surface area contributed by atoms with E-state index >= 15 is 0 Å². The van der Waals surface area contributed by atoms with Crippen molar-refractivity contribution >= 4 is 17.3 Å². The molecule has 3 heteroatoms. The van der Waals surface area contributed by atoms with Gasteiger partial charge in [0.1, 0.15) is 0 Å². The zero-order valence-corrected chi connectivity index (χ0v) is 10.5. The van der Waals surface area contributed by atoms with Gasteiger partial charge in [-0.1, -0.05) is 6.92 Å². The largest absolute Gasteiger partial charge is 0.368 e. The molecule has 1 aromatic heterocycles. The van der Waals surface area contributed by atoms with Crippen molar-refractivity contribution in [1.82, 2.24) is 4.98 Å². The second-order valence-electron chi connectivity index (χ2n) is 3.93. The van der Waals surface area contributed by atoms with Gasteiger partial charge in [0.05, 0.1) is 11.9 Å². The third kappa shape index (κ3) is 3.10. The molecule has 0 fully saturated rings. The molecule has 0 N–H and O–H groups in total. The molecule has 0 atom stereocenters. The lowest BCUT2D eigenvalue weighted by atomic mass is 10.2. The summed E-state index contributed by atoms with van der Waals surface area (Å²) < 4.78 is 0. The molecule has 0 aliphatic carbocycles. The van der Waals surface area contributed by atoms with Gasteiger partial charge in [-0.3, -0.25) is 4.98 Å². The third-order valence-corrected chi connectivity index (χ3v) is 2.72. The van der Waals surface area contributed by atoms with E-state index in [-0.39, 0.29) is 0 Å². The molecule has 15 heavy (non-hydrogen) atoms. The molecular formula is C12H19ClN2. The summed E-state index contributed by atoms with van der Waals surface area (Å²) in [6.07, 6.45) is 4.84. The van der Waals surface area contributed by atoms with Crippen LogP contribution in [0.2, 0.25) is 0 Å². The standard InChI is InChI=1S/C12H19ClN2/c1-4-7-15(10(2)3)12-9-14-6-5-11(12)8-13/h5-6,9-10H,4,7-8H2,1-3H3. The zero-order chi connectivity index (χ0) is 11.3. The van der Waals surface area contributed by atoms with Crippen LogP contribution in [-0.2, 0) is 5.88 Å². The van der Waals surface area contributed by atoms with Gasteiger partial charge in [-0.15, -0.1) is 11.6 Å². The Kier molecular flexibility index (Phi) is 4.89. The van der Waals surface area contributed by atoms with Crippen molar-refractivity contribution < 1.29 is 0 Å². The monoisotopic (exact) mass is 226 g/mol. The van der Waals surface area contributed by atoms with E-state index in [4.69, 9.17) is 11.6 Å². The molecule has 0 saturated carbocycles. The first-order valence-electron chi connectivity index (χ1n) is 5.46. The van der Waals surface area contributed by atoms with E-state index in [2.05, 4.69) is 30.7 Å². The Labute approximate surface area is 97.3 Å². The predicted octanol–water partition coefficient (Wildman–Crippen LogP) is 3.45. The van der Waals surface area contributed by atoms with E-state index in [1.807, 2.05) is 12.3 Å². The van der Waals surface area contributed by atoms with Crippen molar-refractivity contribution in [2.75, 3.05) is 11.4 Å². The summed E-state index contributed by atoms with van der Waals surface area (Å²) in [7, 11) is 0. The molecule has 0 aliphatic heterocycles. The normalized spacial score (nSPS) is 10.7. The average molecular weight is 227 g/mol. The molecule has 0 aromatic carbocycles. The lowest BCUT2D eigenvalue weighted by Crippen LogP contribution is -2.32. The highest BCUT2D eigenvalue weighted by molar-refractivity contribution is 6.17. The van der Waals surface area contributed by atoms with Gasteiger partial charge in [0, 0.05) is 24.7 Å². The van der Waals surface area contributed by atoms with E-state index in [0.29, 0.717) is 11.9 Å². The Hall–Kier alpha value is -0.760. The van der Waals surface area contributed by atoms with Crippen molar-refractivity contribution in [3.63, 3.8) is 0 Å². The minimum absolute atomic E-state index is 0.483. The highest BCUT2D eigenvalue weighted by atomic mass is 35.5. The van der Waals surface area contributed by atoms with Crippen LogP contribution in [0, 0.1) is 0 Å². The molecule has 0 amide bonds. The summed E-state index contributed by atoms with van der Waals surface area (Å²) in [5.41, 5.74) is 2.33. The quantitative estimate of drug-likeness (QED) is 0.715. The van der Waals surface area contributed by atoms with Crippen LogP contribution < -0.4 is 4.90 Å². The first-order valence-corrected chi connectivity index (χ1v) is 5.99. The molecule has 0 aliphatic rings. The first-order chi connectivity index (χ1) is 7.20. The number of rotatable bonds is 5. The summed E-state index contributed by atoms with van der Waals surface area (Å²) in [5.74, 6) is 0.546. The van der Waals surface area contributed by atoms with Crippen LogP contribution in [0.5, 0.6) is 0 Å². The number of halogens is 1. The van der Waals surface area contributed by atoms with Crippen molar-refractivity contribution in [3.05, 3.63) is 24.0 Å². The maximum Gasteiger partial charge on any atom is 0.0599 e.